The van der Waals surface area contributed by atoms with E-state index in [2.05, 4.69) is 0 Å². The Balaban J connectivity index is 1.57. The molecule has 0 unspecified atom stereocenters. The molecule has 0 fully saturated rings. The third-order valence-electron chi connectivity index (χ3n) is 6.52. The molecule has 0 amide bonds. The Morgan fingerprint density at radius 3 is 2.34 bits per heavy atom. The number of hydrogen-bond donors (Lipinski definition) is 0. The molecule has 38 heavy (non-hydrogen) atoms. The second-order valence-electron chi connectivity index (χ2n) is 9.28. The summed E-state index contributed by atoms with van der Waals surface area (Å²) in [6, 6.07) is 24.5. The molecule has 0 N–H and O–H groups in total. The van der Waals surface area contributed by atoms with Crippen LogP contribution in [-0.4, -0.2) is 20.7 Å². The second-order valence-corrected chi connectivity index (χ2v) is 9.28. The van der Waals surface area contributed by atoms with Crippen LogP contribution in [-0.2, 0) is 24.2 Å². The van der Waals surface area contributed by atoms with Crippen LogP contribution in [0, 0.1) is 6.92 Å². The number of carbonyl (C=O) groups is 2. The van der Waals surface area contributed by atoms with E-state index in [-0.39, 0.29) is 41.9 Å². The molecule has 2 heterocycles. The first-order valence-electron chi connectivity index (χ1n) is 12.4. The van der Waals surface area contributed by atoms with Gasteiger partial charge in [0, 0.05) is 24.8 Å². The zero-order chi connectivity index (χ0) is 26.6. The van der Waals surface area contributed by atoms with Crippen LogP contribution >= 0.6 is 0 Å². The van der Waals surface area contributed by atoms with Crippen molar-refractivity contribution in [2.75, 3.05) is 0 Å². The van der Waals surface area contributed by atoms with E-state index in [9.17, 15) is 19.2 Å². The molecule has 0 saturated heterocycles. The number of aryl methyl sites for hydroxylation is 2. The predicted molar refractivity (Wildman–Crippen MR) is 145 cm³/mol. The summed E-state index contributed by atoms with van der Waals surface area (Å²) in [6.07, 6.45) is 2.33. The Morgan fingerprint density at radius 1 is 0.868 bits per heavy atom. The zero-order valence-electron chi connectivity index (χ0n) is 20.9. The smallest absolute Gasteiger partial charge is 0.336 e. The number of furan rings is 1. The van der Waals surface area contributed by atoms with Crippen molar-refractivity contribution in [3.8, 4) is 5.69 Å². The lowest BCUT2D eigenvalue weighted by Gasteiger charge is -2.15. The van der Waals surface area contributed by atoms with Gasteiger partial charge in [-0.1, -0.05) is 54.1 Å². The topological polar surface area (TPSA) is 91.3 Å². The number of ketones is 2. The molecule has 7 nitrogen and oxygen atoms in total. The zero-order valence-corrected chi connectivity index (χ0v) is 20.9. The quantitative estimate of drug-likeness (QED) is 0.271. The van der Waals surface area contributed by atoms with Crippen molar-refractivity contribution >= 4 is 22.5 Å². The van der Waals surface area contributed by atoms with Crippen molar-refractivity contribution in [3.05, 3.63) is 134 Å². The maximum Gasteiger partial charge on any atom is 0.336 e. The molecule has 0 saturated carbocycles. The molecule has 0 bridgehead atoms. The number of Topliss-reactive ketones (excluding diaryl/α,β-unsaturated/α-hetero) is 2. The van der Waals surface area contributed by atoms with Gasteiger partial charge in [-0.05, 0) is 48.9 Å². The Kier molecular flexibility index (Phi) is 7.00. The van der Waals surface area contributed by atoms with Gasteiger partial charge in [0.2, 0.25) is 0 Å². The van der Waals surface area contributed by atoms with E-state index >= 15 is 0 Å². The minimum Gasteiger partial charge on any atom is -0.469 e. The minimum absolute atomic E-state index is 0.139. The van der Waals surface area contributed by atoms with Gasteiger partial charge in [-0.25, -0.2) is 9.36 Å². The highest BCUT2D eigenvalue weighted by molar-refractivity contribution is 5.99. The molecular formula is C31H26N2O5. The van der Waals surface area contributed by atoms with Crippen LogP contribution in [0.1, 0.15) is 33.7 Å². The van der Waals surface area contributed by atoms with Crippen molar-refractivity contribution in [2.45, 2.75) is 32.7 Å². The van der Waals surface area contributed by atoms with E-state index in [1.165, 1.54) is 10.6 Å². The fourth-order valence-corrected chi connectivity index (χ4v) is 4.50. The highest BCUT2D eigenvalue weighted by Crippen LogP contribution is 2.17. The van der Waals surface area contributed by atoms with Crippen LogP contribution in [0.5, 0.6) is 0 Å². The predicted octanol–water partition coefficient (Wildman–Crippen LogP) is 4.68. The number of rotatable bonds is 9. The van der Waals surface area contributed by atoms with Gasteiger partial charge in [-0.15, -0.1) is 0 Å². The number of nitrogens with zero attached hydrogens (tertiary/aromatic N) is 2. The largest absolute Gasteiger partial charge is 0.469 e. The number of aromatic nitrogens is 2. The first-order chi connectivity index (χ1) is 18.4. The lowest BCUT2D eigenvalue weighted by atomic mass is 10.0. The highest BCUT2D eigenvalue weighted by Gasteiger charge is 2.19. The van der Waals surface area contributed by atoms with Crippen LogP contribution in [0.15, 0.2) is 105 Å². The number of benzene rings is 3. The molecule has 0 radical (unpaired) electrons. The molecule has 5 aromatic rings. The molecule has 0 atom stereocenters. The van der Waals surface area contributed by atoms with E-state index in [4.69, 9.17) is 4.42 Å². The van der Waals surface area contributed by atoms with Gasteiger partial charge in [-0.2, -0.15) is 0 Å². The Bertz CT molecular complexity index is 1730. The SMILES string of the molecule is Cc1ccc(CC(=O)Cn2c(=O)n(-c3ccccc3)c(=O)c3ccc(C(=O)CCc4ccco4)cc32)cc1. The van der Waals surface area contributed by atoms with Crippen molar-refractivity contribution in [2.24, 2.45) is 0 Å². The minimum atomic E-state index is -0.633. The summed E-state index contributed by atoms with van der Waals surface area (Å²) in [6.45, 7) is 1.73. The maximum atomic E-state index is 13.7. The summed E-state index contributed by atoms with van der Waals surface area (Å²) in [5.74, 6) is 0.356. The van der Waals surface area contributed by atoms with E-state index in [0.717, 1.165) is 15.7 Å². The van der Waals surface area contributed by atoms with Crippen LogP contribution < -0.4 is 11.2 Å². The fraction of sp³-hybridized carbons (Fsp3) is 0.161. The van der Waals surface area contributed by atoms with Crippen LogP contribution in [0.25, 0.3) is 16.6 Å². The van der Waals surface area contributed by atoms with Gasteiger partial charge in [0.15, 0.2) is 11.6 Å². The third-order valence-corrected chi connectivity index (χ3v) is 6.52. The van der Waals surface area contributed by atoms with Crippen LogP contribution in [0.3, 0.4) is 0 Å². The van der Waals surface area contributed by atoms with Gasteiger partial charge >= 0.3 is 5.69 Å². The highest BCUT2D eigenvalue weighted by atomic mass is 16.3. The standard InChI is InChI=1S/C31H26N2O5/c1-21-9-11-22(12-10-21)18-25(34)20-32-28-19-23(29(35)16-14-26-8-5-17-38-26)13-15-27(28)30(36)33(31(32)37)24-6-3-2-4-7-24/h2-13,15,17,19H,14,16,18,20H2,1H3. The maximum absolute atomic E-state index is 13.7. The van der Waals surface area contributed by atoms with Crippen molar-refractivity contribution < 1.29 is 14.0 Å². The number of hydrogen-bond acceptors (Lipinski definition) is 5. The van der Waals surface area contributed by atoms with E-state index in [1.54, 1.807) is 60.9 Å². The molecule has 2 aromatic heterocycles. The van der Waals surface area contributed by atoms with E-state index in [0.29, 0.717) is 23.4 Å². The monoisotopic (exact) mass is 506 g/mol. The molecule has 0 aliphatic heterocycles. The second kappa shape index (κ2) is 10.7. The number of carbonyl (C=O) groups excluding carboxylic acids is 2. The Labute approximate surface area is 218 Å². The Hall–Kier alpha value is -4.78. The summed E-state index contributed by atoms with van der Waals surface area (Å²) < 4.78 is 7.68. The molecule has 5 rings (SSSR count). The average molecular weight is 507 g/mol. The lowest BCUT2D eigenvalue weighted by Crippen LogP contribution is -2.40. The van der Waals surface area contributed by atoms with Gasteiger partial charge in [0.1, 0.15) is 5.76 Å². The lowest BCUT2D eigenvalue weighted by molar-refractivity contribution is -0.119. The molecule has 0 aliphatic rings. The van der Waals surface area contributed by atoms with Gasteiger partial charge in [0.05, 0.1) is 29.4 Å². The van der Waals surface area contributed by atoms with Gasteiger partial charge in [-0.3, -0.25) is 19.0 Å². The molecule has 3 aromatic carbocycles. The normalized spacial score (nSPS) is 11.1. The van der Waals surface area contributed by atoms with Gasteiger partial charge in [0.25, 0.3) is 5.56 Å². The van der Waals surface area contributed by atoms with Crippen molar-refractivity contribution in [1.82, 2.24) is 9.13 Å². The molecule has 0 aliphatic carbocycles. The summed E-state index contributed by atoms with van der Waals surface area (Å²) in [7, 11) is 0. The van der Waals surface area contributed by atoms with Crippen LogP contribution in [0.4, 0.5) is 0 Å². The van der Waals surface area contributed by atoms with Crippen LogP contribution in [0.2, 0.25) is 0 Å². The summed E-state index contributed by atoms with van der Waals surface area (Å²) >= 11 is 0. The summed E-state index contributed by atoms with van der Waals surface area (Å²) in [4.78, 5) is 53.2. The number of fused-ring (bicyclic) bond motifs is 1. The molecule has 0 spiro atoms. The first kappa shape index (κ1) is 24.9. The van der Waals surface area contributed by atoms with Crippen molar-refractivity contribution in [3.63, 3.8) is 0 Å². The average Bonchev–Trinajstić information content (AvgIpc) is 3.45. The summed E-state index contributed by atoms with van der Waals surface area (Å²) in [5.41, 5.74) is 1.81. The Morgan fingerprint density at radius 2 is 1.63 bits per heavy atom. The number of para-hydroxylation sites is 1. The molecular weight excluding hydrogens is 480 g/mol. The van der Waals surface area contributed by atoms with Gasteiger partial charge < -0.3 is 4.42 Å². The van der Waals surface area contributed by atoms with Crippen molar-refractivity contribution in [1.29, 1.82) is 0 Å². The first-order valence-corrected chi connectivity index (χ1v) is 12.4. The molecule has 190 valence electrons. The van der Waals surface area contributed by atoms with E-state index < -0.39 is 11.2 Å². The van der Waals surface area contributed by atoms with E-state index in [1.807, 2.05) is 31.2 Å². The fourth-order valence-electron chi connectivity index (χ4n) is 4.50. The third kappa shape index (κ3) is 5.18. The molecule has 7 heteroatoms. The summed E-state index contributed by atoms with van der Waals surface area (Å²) in [5, 5.41) is 0.249.